The minimum atomic E-state index is 0.0140. The summed E-state index contributed by atoms with van der Waals surface area (Å²) in [5, 5.41) is 0.989. The average Bonchev–Trinajstić information content (AvgIpc) is 2.50. The molecule has 2 rings (SSSR count). The van der Waals surface area contributed by atoms with Crippen molar-refractivity contribution in [1.29, 1.82) is 0 Å². The minimum absolute atomic E-state index is 0.0140. The molecule has 138 valence electrons. The molecule has 1 aromatic heterocycles. The van der Waals surface area contributed by atoms with Crippen LogP contribution >= 0.6 is 11.6 Å². The molecule has 1 aromatic carbocycles. The molecule has 0 aliphatic heterocycles. The van der Waals surface area contributed by atoms with E-state index >= 15 is 0 Å². The predicted molar refractivity (Wildman–Crippen MR) is 105 cm³/mol. The molecule has 5 heteroatoms. The fourth-order valence-corrected chi connectivity index (χ4v) is 3.75. The van der Waals surface area contributed by atoms with Gasteiger partial charge in [-0.25, -0.2) is 0 Å². The maximum atomic E-state index is 13.2. The summed E-state index contributed by atoms with van der Waals surface area (Å²) in [6.45, 7) is 13.6. The summed E-state index contributed by atoms with van der Waals surface area (Å²) in [6.07, 6.45) is 0. The van der Waals surface area contributed by atoms with Crippen LogP contribution in [0.5, 0.6) is 5.75 Å². The van der Waals surface area contributed by atoms with Gasteiger partial charge >= 0.3 is 0 Å². The molecule has 0 aliphatic carbocycles. The molecule has 0 radical (unpaired) electrons. The number of aryl methyl sites for hydroxylation is 1. The van der Waals surface area contributed by atoms with Crippen LogP contribution in [0.1, 0.15) is 39.0 Å². The van der Waals surface area contributed by atoms with Crippen molar-refractivity contribution < 1.29 is 9.64 Å². The van der Waals surface area contributed by atoms with Gasteiger partial charge in [-0.3, -0.25) is 4.79 Å². The molecule has 0 amide bonds. The Labute approximate surface area is 155 Å². The Balaban J connectivity index is 2.54. The van der Waals surface area contributed by atoms with E-state index in [4.69, 9.17) is 16.3 Å². The lowest BCUT2D eigenvalue weighted by Gasteiger charge is -2.24. The number of benzene rings is 1. The molecule has 0 fully saturated rings. The van der Waals surface area contributed by atoms with Gasteiger partial charge in [0.05, 0.1) is 41.7 Å². The van der Waals surface area contributed by atoms with Gasteiger partial charge in [-0.1, -0.05) is 39.3 Å². The standard InChI is InChI=1S/C20H29ClN2O2/c1-12(2)9-23(10-13(3)4)11-15-14(5)22-19-17(25-6)8-7-16(21)18(19)20(15)24/h7-8,12-13H,9-11H2,1-6H3,(H,22,24)/p+1. The lowest BCUT2D eigenvalue weighted by atomic mass is 10.1. The van der Waals surface area contributed by atoms with Crippen LogP contribution in [0.4, 0.5) is 0 Å². The Hall–Kier alpha value is -1.52. The van der Waals surface area contributed by atoms with Gasteiger partial charge in [0.25, 0.3) is 0 Å². The van der Waals surface area contributed by atoms with E-state index in [1.807, 2.05) is 6.92 Å². The van der Waals surface area contributed by atoms with Crippen LogP contribution in [0.3, 0.4) is 0 Å². The molecule has 4 nitrogen and oxygen atoms in total. The number of H-pyrrole nitrogens is 1. The number of rotatable bonds is 7. The van der Waals surface area contributed by atoms with Gasteiger partial charge in [-0.05, 0) is 19.1 Å². The molecule has 2 N–H and O–H groups in total. The molecular formula is C20H30ClN2O2+. The molecule has 0 spiro atoms. The van der Waals surface area contributed by atoms with E-state index in [2.05, 4.69) is 32.7 Å². The van der Waals surface area contributed by atoms with Crippen molar-refractivity contribution in [2.75, 3.05) is 20.2 Å². The van der Waals surface area contributed by atoms with Gasteiger partial charge in [-0.15, -0.1) is 0 Å². The van der Waals surface area contributed by atoms with E-state index in [0.717, 1.165) is 24.3 Å². The number of nitrogens with one attached hydrogen (secondary N) is 2. The molecule has 0 saturated heterocycles. The molecule has 1 heterocycles. The fourth-order valence-electron chi connectivity index (χ4n) is 3.50. The topological polar surface area (TPSA) is 46.5 Å². The summed E-state index contributed by atoms with van der Waals surface area (Å²) >= 11 is 6.34. The van der Waals surface area contributed by atoms with Crippen LogP contribution in [-0.2, 0) is 6.54 Å². The summed E-state index contributed by atoms with van der Waals surface area (Å²) in [6, 6.07) is 3.51. The first kappa shape index (κ1) is 19.8. The number of quaternary nitrogens is 1. The first-order chi connectivity index (χ1) is 11.7. The third-order valence-corrected chi connectivity index (χ3v) is 4.74. The normalized spacial score (nSPS) is 11.9. The van der Waals surface area contributed by atoms with Gasteiger partial charge in [0.1, 0.15) is 12.3 Å². The second-order valence-electron chi connectivity index (χ2n) is 7.68. The largest absolute Gasteiger partial charge is 0.495 e. The zero-order valence-electron chi connectivity index (χ0n) is 16.1. The molecule has 0 unspecified atom stereocenters. The van der Waals surface area contributed by atoms with Crippen molar-refractivity contribution in [1.82, 2.24) is 4.98 Å². The second kappa shape index (κ2) is 8.24. The van der Waals surface area contributed by atoms with Crippen molar-refractivity contribution >= 4 is 22.5 Å². The molecule has 0 saturated carbocycles. The molecule has 25 heavy (non-hydrogen) atoms. The molecule has 0 bridgehead atoms. The number of aromatic nitrogens is 1. The second-order valence-corrected chi connectivity index (χ2v) is 8.09. The Bertz CT molecular complexity index is 786. The Morgan fingerprint density at radius 1 is 1.16 bits per heavy atom. The Kier molecular flexibility index (Phi) is 6.53. The molecular weight excluding hydrogens is 336 g/mol. The summed E-state index contributed by atoms with van der Waals surface area (Å²) in [5.74, 6) is 1.80. The highest BCUT2D eigenvalue weighted by molar-refractivity contribution is 6.35. The SMILES string of the molecule is COc1ccc(Cl)c2c(=O)c(C[NH+](CC(C)C)CC(C)C)c(C)[nH]c12. The van der Waals surface area contributed by atoms with Crippen LogP contribution in [0.2, 0.25) is 5.02 Å². The van der Waals surface area contributed by atoms with Gasteiger partial charge in [0.15, 0.2) is 5.43 Å². The molecule has 2 aromatic rings. The van der Waals surface area contributed by atoms with Crippen molar-refractivity contribution in [3.63, 3.8) is 0 Å². The number of hydrogen-bond donors (Lipinski definition) is 2. The van der Waals surface area contributed by atoms with Gasteiger partial charge in [0, 0.05) is 17.5 Å². The van der Waals surface area contributed by atoms with Gasteiger partial charge in [-0.2, -0.15) is 0 Å². The van der Waals surface area contributed by atoms with Crippen LogP contribution in [0.25, 0.3) is 10.9 Å². The van der Waals surface area contributed by atoms with Gasteiger partial charge in [0.2, 0.25) is 0 Å². The van der Waals surface area contributed by atoms with Crippen LogP contribution in [0.15, 0.2) is 16.9 Å². The highest BCUT2D eigenvalue weighted by atomic mass is 35.5. The monoisotopic (exact) mass is 365 g/mol. The Morgan fingerprint density at radius 2 is 1.76 bits per heavy atom. The lowest BCUT2D eigenvalue weighted by Crippen LogP contribution is -3.12. The summed E-state index contributed by atoms with van der Waals surface area (Å²) < 4.78 is 5.38. The zero-order valence-corrected chi connectivity index (χ0v) is 16.9. The first-order valence-corrected chi connectivity index (χ1v) is 9.33. The third kappa shape index (κ3) is 4.56. The van der Waals surface area contributed by atoms with Gasteiger partial charge < -0.3 is 14.6 Å². The maximum absolute atomic E-state index is 13.2. The van der Waals surface area contributed by atoms with Crippen molar-refractivity contribution in [3.05, 3.63) is 38.6 Å². The predicted octanol–water partition coefficient (Wildman–Crippen LogP) is 3.20. The van der Waals surface area contributed by atoms with Crippen LogP contribution in [-0.4, -0.2) is 25.2 Å². The average molecular weight is 366 g/mol. The number of pyridine rings is 1. The minimum Gasteiger partial charge on any atom is -0.495 e. The number of methoxy groups -OCH3 is 1. The molecule has 0 aliphatic rings. The van der Waals surface area contributed by atoms with E-state index in [1.165, 1.54) is 4.90 Å². The molecule has 0 atom stereocenters. The van der Waals surface area contributed by atoms with Crippen molar-refractivity contribution in [2.24, 2.45) is 11.8 Å². The quantitative estimate of drug-likeness (QED) is 0.791. The van der Waals surface area contributed by atoms with E-state index in [1.54, 1.807) is 19.2 Å². The van der Waals surface area contributed by atoms with E-state index in [0.29, 0.717) is 40.1 Å². The Morgan fingerprint density at radius 3 is 2.28 bits per heavy atom. The smallest absolute Gasteiger partial charge is 0.200 e. The third-order valence-electron chi connectivity index (χ3n) is 4.42. The van der Waals surface area contributed by atoms with E-state index in [-0.39, 0.29) is 5.43 Å². The van der Waals surface area contributed by atoms with Crippen LogP contribution in [0, 0.1) is 18.8 Å². The van der Waals surface area contributed by atoms with Crippen LogP contribution < -0.4 is 15.1 Å². The summed E-state index contributed by atoms with van der Waals surface area (Å²) in [5.41, 5.74) is 2.40. The zero-order chi connectivity index (χ0) is 18.7. The summed E-state index contributed by atoms with van der Waals surface area (Å²) in [4.78, 5) is 17.9. The highest BCUT2D eigenvalue weighted by Crippen LogP contribution is 2.28. The highest BCUT2D eigenvalue weighted by Gasteiger charge is 2.20. The number of ether oxygens (including phenoxy) is 1. The summed E-state index contributed by atoms with van der Waals surface area (Å²) in [7, 11) is 1.60. The number of hydrogen-bond acceptors (Lipinski definition) is 2. The first-order valence-electron chi connectivity index (χ1n) is 8.96. The van der Waals surface area contributed by atoms with Crippen molar-refractivity contribution in [2.45, 2.75) is 41.2 Å². The van der Waals surface area contributed by atoms with Crippen molar-refractivity contribution in [3.8, 4) is 5.75 Å². The fraction of sp³-hybridized carbons (Fsp3) is 0.550. The number of aromatic amines is 1. The number of halogens is 1. The number of fused-ring (bicyclic) bond motifs is 1. The maximum Gasteiger partial charge on any atom is 0.200 e. The van der Waals surface area contributed by atoms with E-state index < -0.39 is 0 Å². The van der Waals surface area contributed by atoms with E-state index in [9.17, 15) is 4.79 Å². The lowest BCUT2D eigenvalue weighted by molar-refractivity contribution is -0.919.